The first-order chi connectivity index (χ1) is 12.4. The second kappa shape index (κ2) is 7.18. The summed E-state index contributed by atoms with van der Waals surface area (Å²) in [5.74, 6) is -3.20. The summed E-state index contributed by atoms with van der Waals surface area (Å²) in [6.45, 7) is -0.865. The first kappa shape index (κ1) is 17.3. The van der Waals surface area contributed by atoms with Gasteiger partial charge in [0, 0.05) is 6.07 Å². The largest absolute Gasteiger partial charge is 0.482 e. The zero-order valence-electron chi connectivity index (χ0n) is 13.2. The molecule has 0 bridgehead atoms. The minimum absolute atomic E-state index is 0.102. The molecule has 1 aliphatic heterocycles. The van der Waals surface area contributed by atoms with Gasteiger partial charge >= 0.3 is 5.97 Å². The van der Waals surface area contributed by atoms with Crippen LogP contribution in [0.5, 0.6) is 5.75 Å². The maximum absolute atomic E-state index is 13.4. The van der Waals surface area contributed by atoms with Gasteiger partial charge in [-0.1, -0.05) is 0 Å². The van der Waals surface area contributed by atoms with Gasteiger partial charge in [0.25, 0.3) is 11.8 Å². The van der Waals surface area contributed by atoms with Crippen LogP contribution >= 0.6 is 0 Å². The van der Waals surface area contributed by atoms with E-state index in [9.17, 15) is 23.2 Å². The average Bonchev–Trinajstić information content (AvgIpc) is 2.62. The fraction of sp³-hybridized carbons (Fsp3) is 0.118. The molecular formula is C17H12F2N2O5. The number of carbonyl (C=O) groups is 3. The molecular weight excluding hydrogens is 350 g/mol. The number of esters is 1. The van der Waals surface area contributed by atoms with Crippen LogP contribution in [0.3, 0.4) is 0 Å². The third kappa shape index (κ3) is 3.94. The molecule has 1 aliphatic rings. The predicted molar refractivity (Wildman–Crippen MR) is 85.8 cm³/mol. The molecule has 0 aromatic heterocycles. The summed E-state index contributed by atoms with van der Waals surface area (Å²) in [6, 6.07) is 6.80. The van der Waals surface area contributed by atoms with Gasteiger partial charge in [0.05, 0.1) is 16.9 Å². The maximum atomic E-state index is 13.4. The number of carbonyl (C=O) groups excluding carboxylic acids is 3. The highest BCUT2D eigenvalue weighted by Gasteiger charge is 2.19. The van der Waals surface area contributed by atoms with Crippen LogP contribution in [0.15, 0.2) is 36.4 Å². The van der Waals surface area contributed by atoms with Crippen molar-refractivity contribution in [3.8, 4) is 5.75 Å². The second-order valence-corrected chi connectivity index (χ2v) is 5.30. The van der Waals surface area contributed by atoms with E-state index < -0.39 is 30.1 Å². The molecule has 26 heavy (non-hydrogen) atoms. The minimum Gasteiger partial charge on any atom is -0.482 e. The molecule has 0 spiro atoms. The second-order valence-electron chi connectivity index (χ2n) is 5.30. The van der Waals surface area contributed by atoms with Crippen LogP contribution in [0.4, 0.5) is 20.2 Å². The molecule has 0 aliphatic carbocycles. The highest BCUT2D eigenvalue weighted by atomic mass is 19.1. The first-order valence-electron chi connectivity index (χ1n) is 7.41. The fourth-order valence-corrected chi connectivity index (χ4v) is 2.20. The molecule has 2 amide bonds. The molecule has 0 radical (unpaired) electrons. The van der Waals surface area contributed by atoms with Crippen molar-refractivity contribution in [3.05, 3.63) is 53.6 Å². The van der Waals surface area contributed by atoms with Gasteiger partial charge < -0.3 is 20.1 Å². The van der Waals surface area contributed by atoms with Crippen LogP contribution in [0.25, 0.3) is 0 Å². The summed E-state index contributed by atoms with van der Waals surface area (Å²) in [4.78, 5) is 34.9. The zero-order valence-corrected chi connectivity index (χ0v) is 13.2. The molecule has 9 heteroatoms. The van der Waals surface area contributed by atoms with Gasteiger partial charge in [0.1, 0.15) is 17.4 Å². The lowest BCUT2D eigenvalue weighted by Crippen LogP contribution is -2.25. The maximum Gasteiger partial charge on any atom is 0.338 e. The van der Waals surface area contributed by atoms with E-state index >= 15 is 0 Å². The standard InChI is InChI=1S/C17H12F2N2O5/c18-10-2-3-11(19)13(6-10)21-16(23)8-26-17(24)9-1-4-12-14(5-9)25-7-15(22)20-12/h1-6H,7-8H2,(H,20,22)(H,21,23). The van der Waals surface area contributed by atoms with Crippen molar-refractivity contribution in [3.63, 3.8) is 0 Å². The highest BCUT2D eigenvalue weighted by Crippen LogP contribution is 2.28. The highest BCUT2D eigenvalue weighted by molar-refractivity contribution is 5.98. The number of anilines is 2. The Hall–Kier alpha value is -3.49. The quantitative estimate of drug-likeness (QED) is 0.813. The molecule has 0 saturated carbocycles. The number of nitrogens with one attached hydrogen (secondary N) is 2. The van der Waals surface area contributed by atoms with Crippen molar-refractivity contribution < 1.29 is 32.6 Å². The van der Waals surface area contributed by atoms with Crippen LogP contribution in [0, 0.1) is 11.6 Å². The Kier molecular flexibility index (Phi) is 4.78. The van der Waals surface area contributed by atoms with E-state index in [-0.39, 0.29) is 23.8 Å². The van der Waals surface area contributed by atoms with E-state index in [1.807, 2.05) is 0 Å². The number of halogens is 2. The molecule has 134 valence electrons. The Balaban J connectivity index is 1.59. The van der Waals surface area contributed by atoms with E-state index in [1.54, 1.807) is 0 Å². The minimum atomic E-state index is -0.829. The topological polar surface area (TPSA) is 93.7 Å². The Morgan fingerprint density at radius 2 is 2.00 bits per heavy atom. The number of ether oxygens (including phenoxy) is 2. The van der Waals surface area contributed by atoms with Gasteiger partial charge in [0.2, 0.25) is 0 Å². The Labute approximate surface area is 145 Å². The fourth-order valence-electron chi connectivity index (χ4n) is 2.20. The van der Waals surface area contributed by atoms with Crippen molar-refractivity contribution >= 4 is 29.2 Å². The van der Waals surface area contributed by atoms with E-state index in [0.717, 1.165) is 18.2 Å². The van der Waals surface area contributed by atoms with Crippen LogP contribution in [0.1, 0.15) is 10.4 Å². The summed E-state index contributed by atoms with van der Waals surface area (Å²) in [5, 5.41) is 4.68. The molecule has 2 aromatic rings. The predicted octanol–water partition coefficient (Wildman–Crippen LogP) is 2.09. The lowest BCUT2D eigenvalue weighted by molar-refractivity contribution is -0.119. The average molecular weight is 362 g/mol. The summed E-state index contributed by atoms with van der Waals surface area (Å²) in [7, 11) is 0. The number of fused-ring (bicyclic) bond motifs is 1. The van der Waals surface area contributed by atoms with Gasteiger partial charge in [-0.05, 0) is 30.3 Å². The Morgan fingerprint density at radius 1 is 1.19 bits per heavy atom. The van der Waals surface area contributed by atoms with E-state index in [4.69, 9.17) is 9.47 Å². The van der Waals surface area contributed by atoms with Crippen LogP contribution in [0.2, 0.25) is 0 Å². The molecule has 0 fully saturated rings. The Morgan fingerprint density at radius 3 is 2.81 bits per heavy atom. The lowest BCUT2D eigenvalue weighted by atomic mass is 10.1. The third-order valence-corrected chi connectivity index (χ3v) is 3.39. The van der Waals surface area contributed by atoms with E-state index in [1.165, 1.54) is 18.2 Å². The monoisotopic (exact) mass is 362 g/mol. The number of hydrogen-bond acceptors (Lipinski definition) is 5. The Bertz CT molecular complexity index is 901. The molecule has 2 N–H and O–H groups in total. The normalized spacial score (nSPS) is 12.5. The smallest absolute Gasteiger partial charge is 0.338 e. The van der Waals surface area contributed by atoms with Gasteiger partial charge in [-0.15, -0.1) is 0 Å². The number of amides is 2. The van der Waals surface area contributed by atoms with Gasteiger partial charge in [0.15, 0.2) is 13.2 Å². The molecule has 1 heterocycles. The van der Waals surface area contributed by atoms with Crippen LogP contribution in [-0.2, 0) is 14.3 Å². The van der Waals surface area contributed by atoms with E-state index in [0.29, 0.717) is 11.4 Å². The number of benzene rings is 2. The molecule has 0 atom stereocenters. The summed E-state index contributed by atoms with van der Waals surface area (Å²) in [5.41, 5.74) is 0.158. The summed E-state index contributed by atoms with van der Waals surface area (Å²) < 4.78 is 36.5. The number of rotatable bonds is 4. The van der Waals surface area contributed by atoms with Crippen molar-refractivity contribution in [2.75, 3.05) is 23.8 Å². The van der Waals surface area contributed by atoms with Gasteiger partial charge in [-0.3, -0.25) is 9.59 Å². The van der Waals surface area contributed by atoms with Crippen LogP contribution < -0.4 is 15.4 Å². The zero-order chi connectivity index (χ0) is 18.7. The first-order valence-corrected chi connectivity index (χ1v) is 7.41. The molecule has 0 unspecified atom stereocenters. The summed E-state index contributed by atoms with van der Waals surface area (Å²) in [6.07, 6.45) is 0. The van der Waals surface area contributed by atoms with Gasteiger partial charge in [-0.2, -0.15) is 0 Å². The molecule has 3 rings (SSSR count). The van der Waals surface area contributed by atoms with Gasteiger partial charge in [-0.25, -0.2) is 13.6 Å². The summed E-state index contributed by atoms with van der Waals surface area (Å²) >= 11 is 0. The van der Waals surface area contributed by atoms with E-state index in [2.05, 4.69) is 10.6 Å². The third-order valence-electron chi connectivity index (χ3n) is 3.39. The molecule has 0 saturated heterocycles. The lowest BCUT2D eigenvalue weighted by Gasteiger charge is -2.18. The molecule has 2 aromatic carbocycles. The van der Waals surface area contributed by atoms with Crippen molar-refractivity contribution in [1.29, 1.82) is 0 Å². The SMILES string of the molecule is O=C(COC(=O)c1ccc2c(c1)OCC(=O)N2)Nc1cc(F)ccc1F. The number of hydrogen-bond donors (Lipinski definition) is 2. The van der Waals surface area contributed by atoms with Crippen molar-refractivity contribution in [1.82, 2.24) is 0 Å². The van der Waals surface area contributed by atoms with Crippen molar-refractivity contribution in [2.45, 2.75) is 0 Å². The molecule has 7 nitrogen and oxygen atoms in total. The van der Waals surface area contributed by atoms with Crippen LogP contribution in [-0.4, -0.2) is 31.0 Å². The van der Waals surface area contributed by atoms with Crippen molar-refractivity contribution in [2.24, 2.45) is 0 Å².